The molecule has 0 saturated carbocycles. The van der Waals surface area contributed by atoms with Crippen molar-refractivity contribution in [2.45, 2.75) is 27.2 Å². The molecule has 0 aliphatic carbocycles. The Balaban J connectivity index is 2.57. The number of carbonyl (C=O) groups is 1. The fraction of sp³-hybridized carbons (Fsp3) is 0.714. The van der Waals surface area contributed by atoms with Crippen LogP contribution in [-0.4, -0.2) is 61.4 Å². The van der Waals surface area contributed by atoms with Crippen molar-refractivity contribution in [3.05, 3.63) is 11.8 Å². The van der Waals surface area contributed by atoms with Crippen molar-refractivity contribution >= 4 is 11.8 Å². The van der Waals surface area contributed by atoms with Gasteiger partial charge in [0.15, 0.2) is 0 Å². The van der Waals surface area contributed by atoms with E-state index in [0.717, 1.165) is 31.9 Å². The standard InChI is InChI=1S/C14H25N3O2/c1-5-14(18)17-9-7-16(8-10-17)12(3)11-13(19-4)15-6-2/h11H,5-10H2,1-4H3/b12-11+,15-13?. The number of aliphatic imine (C=N–C) groups is 1. The van der Waals surface area contributed by atoms with Gasteiger partial charge in [-0.2, -0.15) is 0 Å². The number of piperazine rings is 1. The van der Waals surface area contributed by atoms with Crippen molar-refractivity contribution in [2.75, 3.05) is 39.8 Å². The molecule has 1 rings (SSSR count). The summed E-state index contributed by atoms with van der Waals surface area (Å²) in [5, 5.41) is 0. The lowest BCUT2D eigenvalue weighted by atomic mass is 10.2. The summed E-state index contributed by atoms with van der Waals surface area (Å²) in [4.78, 5) is 20.1. The Labute approximate surface area is 115 Å². The van der Waals surface area contributed by atoms with E-state index in [9.17, 15) is 4.79 Å². The maximum Gasteiger partial charge on any atom is 0.222 e. The maximum atomic E-state index is 11.6. The van der Waals surface area contributed by atoms with E-state index in [1.807, 2.05) is 24.8 Å². The molecule has 0 unspecified atom stereocenters. The number of allylic oxidation sites excluding steroid dienone is 1. The molecule has 1 saturated heterocycles. The van der Waals surface area contributed by atoms with Gasteiger partial charge in [-0.3, -0.25) is 9.79 Å². The molecule has 0 aromatic rings. The summed E-state index contributed by atoms with van der Waals surface area (Å²) >= 11 is 0. The second kappa shape index (κ2) is 7.81. The second-order valence-electron chi connectivity index (χ2n) is 4.52. The zero-order valence-electron chi connectivity index (χ0n) is 12.5. The molecular weight excluding hydrogens is 242 g/mol. The number of nitrogens with zero attached hydrogens (tertiary/aromatic N) is 3. The number of amides is 1. The maximum absolute atomic E-state index is 11.6. The lowest BCUT2D eigenvalue weighted by Gasteiger charge is -2.36. The zero-order chi connectivity index (χ0) is 14.3. The van der Waals surface area contributed by atoms with Crippen molar-refractivity contribution in [3.63, 3.8) is 0 Å². The van der Waals surface area contributed by atoms with E-state index in [1.165, 1.54) is 0 Å². The minimum atomic E-state index is 0.242. The molecule has 0 bridgehead atoms. The van der Waals surface area contributed by atoms with Gasteiger partial charge in [-0.25, -0.2) is 0 Å². The number of hydrogen-bond acceptors (Lipinski definition) is 4. The first-order valence-electron chi connectivity index (χ1n) is 6.91. The Morgan fingerprint density at radius 3 is 2.26 bits per heavy atom. The molecule has 1 aliphatic rings. The number of carbonyl (C=O) groups excluding carboxylic acids is 1. The molecule has 1 heterocycles. The first-order valence-corrected chi connectivity index (χ1v) is 6.91. The highest BCUT2D eigenvalue weighted by Gasteiger charge is 2.19. The van der Waals surface area contributed by atoms with Crippen LogP contribution in [0.4, 0.5) is 0 Å². The fourth-order valence-corrected chi connectivity index (χ4v) is 2.13. The minimum Gasteiger partial charge on any atom is -0.481 e. The Hall–Kier alpha value is -1.52. The lowest BCUT2D eigenvalue weighted by Crippen LogP contribution is -2.47. The van der Waals surface area contributed by atoms with Crippen LogP contribution < -0.4 is 0 Å². The van der Waals surface area contributed by atoms with Crippen LogP contribution in [0.5, 0.6) is 0 Å². The summed E-state index contributed by atoms with van der Waals surface area (Å²) in [6, 6.07) is 0. The van der Waals surface area contributed by atoms with E-state index in [4.69, 9.17) is 4.74 Å². The summed E-state index contributed by atoms with van der Waals surface area (Å²) in [7, 11) is 1.64. The summed E-state index contributed by atoms with van der Waals surface area (Å²) in [5.41, 5.74) is 1.14. The van der Waals surface area contributed by atoms with Gasteiger partial charge in [0.1, 0.15) is 0 Å². The van der Waals surface area contributed by atoms with Crippen molar-refractivity contribution in [1.29, 1.82) is 0 Å². The fourth-order valence-electron chi connectivity index (χ4n) is 2.13. The lowest BCUT2D eigenvalue weighted by molar-refractivity contribution is -0.132. The molecule has 5 nitrogen and oxygen atoms in total. The van der Waals surface area contributed by atoms with Gasteiger partial charge in [-0.1, -0.05) is 6.92 Å². The molecule has 0 spiro atoms. The topological polar surface area (TPSA) is 45.1 Å². The Bertz CT molecular complexity index is 356. The third kappa shape index (κ3) is 4.58. The monoisotopic (exact) mass is 267 g/mol. The molecule has 1 amide bonds. The van der Waals surface area contributed by atoms with E-state index in [0.29, 0.717) is 18.9 Å². The van der Waals surface area contributed by atoms with E-state index >= 15 is 0 Å². The van der Waals surface area contributed by atoms with Crippen LogP contribution >= 0.6 is 0 Å². The molecule has 1 aliphatic heterocycles. The summed E-state index contributed by atoms with van der Waals surface area (Å²) < 4.78 is 5.21. The van der Waals surface area contributed by atoms with Crippen molar-refractivity contribution in [1.82, 2.24) is 9.80 Å². The molecule has 0 N–H and O–H groups in total. The molecule has 0 atom stereocenters. The number of methoxy groups -OCH3 is 1. The molecule has 0 radical (unpaired) electrons. The van der Waals surface area contributed by atoms with Crippen LogP contribution in [0.3, 0.4) is 0 Å². The van der Waals surface area contributed by atoms with Gasteiger partial charge in [0.05, 0.1) is 7.11 Å². The highest BCUT2D eigenvalue weighted by Crippen LogP contribution is 2.10. The molecule has 5 heteroatoms. The Morgan fingerprint density at radius 1 is 1.21 bits per heavy atom. The summed E-state index contributed by atoms with van der Waals surface area (Å²) in [6.07, 6.45) is 2.55. The van der Waals surface area contributed by atoms with Crippen LogP contribution in [0.25, 0.3) is 0 Å². The normalized spacial score (nSPS) is 17.7. The number of ether oxygens (including phenoxy) is 1. The zero-order valence-corrected chi connectivity index (χ0v) is 12.5. The van der Waals surface area contributed by atoms with Crippen molar-refractivity contribution in [3.8, 4) is 0 Å². The second-order valence-corrected chi connectivity index (χ2v) is 4.52. The molecule has 0 aromatic carbocycles. The number of hydrogen-bond donors (Lipinski definition) is 0. The largest absolute Gasteiger partial charge is 0.481 e. The predicted molar refractivity (Wildman–Crippen MR) is 77.2 cm³/mol. The highest BCUT2D eigenvalue weighted by atomic mass is 16.5. The van der Waals surface area contributed by atoms with Crippen LogP contribution in [0.15, 0.2) is 16.8 Å². The van der Waals surface area contributed by atoms with Gasteiger partial charge >= 0.3 is 0 Å². The smallest absolute Gasteiger partial charge is 0.222 e. The third-order valence-electron chi connectivity index (χ3n) is 3.29. The van der Waals surface area contributed by atoms with Crippen LogP contribution in [-0.2, 0) is 9.53 Å². The molecular formula is C14H25N3O2. The van der Waals surface area contributed by atoms with Crippen LogP contribution in [0.1, 0.15) is 27.2 Å². The molecule has 19 heavy (non-hydrogen) atoms. The Kier molecular flexibility index (Phi) is 6.39. The van der Waals surface area contributed by atoms with E-state index in [1.54, 1.807) is 7.11 Å². The quantitative estimate of drug-likeness (QED) is 0.573. The van der Waals surface area contributed by atoms with Gasteiger partial charge in [-0.15, -0.1) is 0 Å². The molecule has 108 valence electrons. The summed E-state index contributed by atoms with van der Waals surface area (Å²) in [5.74, 6) is 0.901. The van der Waals surface area contributed by atoms with Crippen molar-refractivity contribution in [2.24, 2.45) is 4.99 Å². The average Bonchev–Trinajstić information content (AvgIpc) is 2.45. The third-order valence-corrected chi connectivity index (χ3v) is 3.29. The molecule has 1 fully saturated rings. The first kappa shape index (κ1) is 15.5. The van der Waals surface area contributed by atoms with Gasteiger partial charge in [0.25, 0.3) is 0 Å². The Morgan fingerprint density at radius 2 is 1.79 bits per heavy atom. The predicted octanol–water partition coefficient (Wildman–Crippen LogP) is 1.51. The van der Waals surface area contributed by atoms with Crippen LogP contribution in [0.2, 0.25) is 0 Å². The van der Waals surface area contributed by atoms with Gasteiger partial charge in [-0.05, 0) is 13.8 Å². The number of rotatable bonds is 4. The SMILES string of the molecule is CCN=C(/C=C(\C)N1CCN(C(=O)CC)CC1)OC. The summed E-state index contributed by atoms with van der Waals surface area (Å²) in [6.45, 7) is 10.0. The average molecular weight is 267 g/mol. The first-order chi connectivity index (χ1) is 9.12. The van der Waals surface area contributed by atoms with Gasteiger partial charge in [0, 0.05) is 50.9 Å². The van der Waals surface area contributed by atoms with E-state index < -0.39 is 0 Å². The van der Waals surface area contributed by atoms with Gasteiger partial charge in [0.2, 0.25) is 11.8 Å². The van der Waals surface area contributed by atoms with E-state index in [2.05, 4.69) is 16.8 Å². The van der Waals surface area contributed by atoms with E-state index in [-0.39, 0.29) is 5.91 Å². The molecule has 0 aromatic heterocycles. The van der Waals surface area contributed by atoms with Crippen molar-refractivity contribution < 1.29 is 9.53 Å². The highest BCUT2D eigenvalue weighted by molar-refractivity contribution is 5.88. The minimum absolute atomic E-state index is 0.242. The van der Waals surface area contributed by atoms with Crippen LogP contribution in [0, 0.1) is 0 Å². The van der Waals surface area contributed by atoms with Gasteiger partial charge < -0.3 is 14.5 Å².